The first-order valence-corrected chi connectivity index (χ1v) is 7.30. The smallest absolute Gasteiger partial charge is 0.264 e. The third kappa shape index (κ3) is 2.56. The van der Waals surface area contributed by atoms with Gasteiger partial charge in [0.05, 0.1) is 25.7 Å². The minimum Gasteiger partial charge on any atom is -0.264 e. The molecule has 2 nitrogen and oxygen atoms in total. The first kappa shape index (κ1) is 13.2. The standard InChI is InChI=1S/C17H18ClN2/c1-19-12-5-13-20(16-6-3-2-4-7-16)17(19)14-8-10-15(18)11-9-14/h2-4,6-11H,5,12-13H2,1H3/q+1. The maximum absolute atomic E-state index is 6.00. The van der Waals surface area contributed by atoms with Crippen LogP contribution in [0.15, 0.2) is 54.6 Å². The highest BCUT2D eigenvalue weighted by molar-refractivity contribution is 6.30. The van der Waals surface area contributed by atoms with Crippen molar-refractivity contribution in [3.05, 3.63) is 65.2 Å². The summed E-state index contributed by atoms with van der Waals surface area (Å²) >= 11 is 6.00. The highest BCUT2D eigenvalue weighted by atomic mass is 35.5. The number of rotatable bonds is 2. The van der Waals surface area contributed by atoms with Crippen molar-refractivity contribution in [3.63, 3.8) is 0 Å². The molecule has 0 N–H and O–H groups in total. The lowest BCUT2D eigenvalue weighted by atomic mass is 10.1. The van der Waals surface area contributed by atoms with Gasteiger partial charge >= 0.3 is 0 Å². The maximum atomic E-state index is 6.00. The SMILES string of the molecule is C[N+]1=C(c2ccc(Cl)cc2)N(c2ccccc2)CCC1. The van der Waals surface area contributed by atoms with Crippen molar-refractivity contribution < 1.29 is 4.58 Å². The summed E-state index contributed by atoms with van der Waals surface area (Å²) in [7, 11) is 2.15. The molecule has 3 heteroatoms. The number of nitrogens with zero attached hydrogens (tertiary/aromatic N) is 2. The molecule has 2 aromatic rings. The van der Waals surface area contributed by atoms with Crippen LogP contribution >= 0.6 is 11.6 Å². The molecular weight excluding hydrogens is 268 g/mol. The Hall–Kier alpha value is -1.80. The van der Waals surface area contributed by atoms with E-state index in [0.717, 1.165) is 18.1 Å². The van der Waals surface area contributed by atoms with Gasteiger partial charge in [-0.15, -0.1) is 0 Å². The summed E-state index contributed by atoms with van der Waals surface area (Å²) in [4.78, 5) is 2.38. The Morgan fingerprint density at radius 1 is 1.00 bits per heavy atom. The van der Waals surface area contributed by atoms with Crippen LogP contribution in [0.5, 0.6) is 0 Å². The lowest BCUT2D eigenvalue weighted by molar-refractivity contribution is -0.501. The lowest BCUT2D eigenvalue weighted by Crippen LogP contribution is -2.43. The molecule has 0 fully saturated rings. The second kappa shape index (κ2) is 5.68. The molecule has 102 valence electrons. The van der Waals surface area contributed by atoms with Crippen LogP contribution in [-0.2, 0) is 0 Å². The predicted molar refractivity (Wildman–Crippen MR) is 85.0 cm³/mol. The second-order valence-corrected chi connectivity index (χ2v) is 5.53. The first-order valence-electron chi connectivity index (χ1n) is 6.92. The highest BCUT2D eigenvalue weighted by Crippen LogP contribution is 2.21. The van der Waals surface area contributed by atoms with Gasteiger partial charge < -0.3 is 0 Å². The normalized spacial score (nSPS) is 15.6. The zero-order chi connectivity index (χ0) is 13.9. The van der Waals surface area contributed by atoms with E-state index in [2.05, 4.69) is 59.0 Å². The van der Waals surface area contributed by atoms with E-state index in [1.54, 1.807) is 0 Å². The first-order chi connectivity index (χ1) is 9.75. The van der Waals surface area contributed by atoms with Crippen molar-refractivity contribution in [3.8, 4) is 0 Å². The van der Waals surface area contributed by atoms with Crippen LogP contribution in [0.4, 0.5) is 5.69 Å². The molecule has 1 aliphatic rings. The Morgan fingerprint density at radius 3 is 2.40 bits per heavy atom. The van der Waals surface area contributed by atoms with Gasteiger partial charge in [0.15, 0.2) is 0 Å². The Balaban J connectivity index is 2.06. The Labute approximate surface area is 124 Å². The number of benzene rings is 2. The fraction of sp³-hybridized carbons (Fsp3) is 0.235. The number of amidine groups is 1. The summed E-state index contributed by atoms with van der Waals surface area (Å²) in [6.07, 6.45) is 1.17. The van der Waals surface area contributed by atoms with Gasteiger partial charge in [0.2, 0.25) is 0 Å². The molecule has 3 rings (SSSR count). The maximum Gasteiger partial charge on any atom is 0.284 e. The van der Waals surface area contributed by atoms with Gasteiger partial charge in [-0.3, -0.25) is 4.58 Å². The van der Waals surface area contributed by atoms with Crippen LogP contribution in [0, 0.1) is 0 Å². The van der Waals surface area contributed by atoms with Crippen molar-refractivity contribution >= 4 is 23.1 Å². The molecule has 1 aliphatic heterocycles. The van der Waals surface area contributed by atoms with Gasteiger partial charge in [0, 0.05) is 11.4 Å². The minimum atomic E-state index is 0.777. The summed E-state index contributed by atoms with van der Waals surface area (Å²) in [5, 5.41) is 0.777. The number of halogens is 1. The monoisotopic (exact) mass is 285 g/mol. The molecule has 0 radical (unpaired) electrons. The van der Waals surface area contributed by atoms with E-state index in [0.29, 0.717) is 0 Å². The van der Waals surface area contributed by atoms with Crippen molar-refractivity contribution in [1.82, 2.24) is 0 Å². The highest BCUT2D eigenvalue weighted by Gasteiger charge is 2.28. The molecule has 0 saturated heterocycles. The quantitative estimate of drug-likeness (QED) is 0.764. The minimum absolute atomic E-state index is 0.777. The van der Waals surface area contributed by atoms with E-state index in [1.807, 2.05) is 12.1 Å². The molecule has 0 amide bonds. The summed E-state index contributed by atoms with van der Waals surface area (Å²) in [5.41, 5.74) is 2.45. The zero-order valence-corrected chi connectivity index (χ0v) is 12.3. The van der Waals surface area contributed by atoms with E-state index in [9.17, 15) is 0 Å². The van der Waals surface area contributed by atoms with E-state index < -0.39 is 0 Å². The lowest BCUT2D eigenvalue weighted by Gasteiger charge is -2.25. The molecule has 0 spiro atoms. The molecular formula is C17H18ClN2+. The molecule has 2 aromatic carbocycles. The van der Waals surface area contributed by atoms with E-state index in [1.165, 1.54) is 23.5 Å². The van der Waals surface area contributed by atoms with Gasteiger partial charge in [-0.2, -0.15) is 0 Å². The largest absolute Gasteiger partial charge is 0.284 e. The second-order valence-electron chi connectivity index (χ2n) is 5.09. The summed E-state index contributed by atoms with van der Waals surface area (Å²) < 4.78 is 2.32. The third-order valence-corrected chi connectivity index (χ3v) is 3.91. The summed E-state index contributed by atoms with van der Waals surface area (Å²) in [5.74, 6) is 1.25. The van der Waals surface area contributed by atoms with Crippen LogP contribution in [0.2, 0.25) is 5.02 Å². The number of para-hydroxylation sites is 1. The predicted octanol–water partition coefficient (Wildman–Crippen LogP) is 3.64. The van der Waals surface area contributed by atoms with Crippen LogP contribution in [-0.4, -0.2) is 30.5 Å². The van der Waals surface area contributed by atoms with E-state index in [4.69, 9.17) is 11.6 Å². The van der Waals surface area contributed by atoms with Crippen molar-refractivity contribution in [2.45, 2.75) is 6.42 Å². The third-order valence-electron chi connectivity index (χ3n) is 3.66. The Bertz CT molecular complexity index is 617. The summed E-state index contributed by atoms with van der Waals surface area (Å²) in [6.45, 7) is 2.13. The fourth-order valence-electron chi connectivity index (χ4n) is 2.72. The molecule has 0 unspecified atom stereocenters. The van der Waals surface area contributed by atoms with Crippen LogP contribution in [0.3, 0.4) is 0 Å². The topological polar surface area (TPSA) is 6.25 Å². The Morgan fingerprint density at radius 2 is 1.70 bits per heavy atom. The van der Waals surface area contributed by atoms with Crippen molar-refractivity contribution in [2.24, 2.45) is 0 Å². The number of hydrogen-bond donors (Lipinski definition) is 0. The average Bonchev–Trinajstić information content (AvgIpc) is 2.49. The average molecular weight is 286 g/mol. The van der Waals surface area contributed by atoms with Gasteiger partial charge in [0.25, 0.3) is 5.84 Å². The molecule has 20 heavy (non-hydrogen) atoms. The van der Waals surface area contributed by atoms with Crippen LogP contribution < -0.4 is 4.90 Å². The van der Waals surface area contributed by atoms with E-state index >= 15 is 0 Å². The Kier molecular flexibility index (Phi) is 3.75. The van der Waals surface area contributed by atoms with Crippen LogP contribution in [0.1, 0.15) is 12.0 Å². The van der Waals surface area contributed by atoms with Gasteiger partial charge in [-0.25, -0.2) is 4.90 Å². The molecule has 0 bridgehead atoms. The van der Waals surface area contributed by atoms with E-state index in [-0.39, 0.29) is 0 Å². The molecule has 0 atom stereocenters. The number of anilines is 1. The van der Waals surface area contributed by atoms with Crippen molar-refractivity contribution in [1.29, 1.82) is 0 Å². The molecule has 0 aromatic heterocycles. The van der Waals surface area contributed by atoms with Crippen molar-refractivity contribution in [2.75, 3.05) is 25.0 Å². The molecule has 0 saturated carbocycles. The van der Waals surface area contributed by atoms with Crippen LogP contribution in [0.25, 0.3) is 0 Å². The van der Waals surface area contributed by atoms with Gasteiger partial charge in [0.1, 0.15) is 5.69 Å². The molecule has 1 heterocycles. The number of hydrogen-bond acceptors (Lipinski definition) is 1. The summed E-state index contributed by atoms with van der Waals surface area (Å²) in [6, 6.07) is 18.6. The van der Waals surface area contributed by atoms with Gasteiger partial charge in [-0.1, -0.05) is 29.8 Å². The zero-order valence-electron chi connectivity index (χ0n) is 11.6. The van der Waals surface area contributed by atoms with Gasteiger partial charge in [-0.05, 0) is 36.4 Å². The fourth-order valence-corrected chi connectivity index (χ4v) is 2.84. The molecule has 0 aliphatic carbocycles.